The minimum absolute atomic E-state index is 0.114. The molecule has 1 aliphatic carbocycles. The monoisotopic (exact) mass is 383 g/mol. The Morgan fingerprint density at radius 1 is 1.22 bits per heavy atom. The van der Waals surface area contributed by atoms with E-state index in [1.54, 1.807) is 36.4 Å². The van der Waals surface area contributed by atoms with Gasteiger partial charge in [0.05, 0.1) is 17.2 Å². The van der Waals surface area contributed by atoms with Crippen molar-refractivity contribution in [1.82, 2.24) is 0 Å². The lowest BCUT2D eigenvalue weighted by Crippen LogP contribution is -2.32. The standard InChI is InChI=1S/C21H18ClNO4/c22-18-9-14(4-3-13-1-2-13)5-7-17(18)21(25)23-15-6-8-19-20(10-15)26-12-16(11-24)27-19/h5-10,13,16,24H,1-2,11-12H2,(H,23,25). The molecular formula is C21H18ClNO4. The Bertz CT molecular complexity index is 943. The highest BCUT2D eigenvalue weighted by atomic mass is 35.5. The van der Waals surface area contributed by atoms with Crippen LogP contribution in [0.25, 0.3) is 0 Å². The first kappa shape index (κ1) is 17.7. The van der Waals surface area contributed by atoms with Gasteiger partial charge in [0, 0.05) is 23.2 Å². The number of aliphatic hydroxyl groups excluding tert-OH is 1. The summed E-state index contributed by atoms with van der Waals surface area (Å²) in [6, 6.07) is 10.3. The Morgan fingerprint density at radius 2 is 2.07 bits per heavy atom. The summed E-state index contributed by atoms with van der Waals surface area (Å²) >= 11 is 6.27. The van der Waals surface area contributed by atoms with Gasteiger partial charge in [-0.1, -0.05) is 23.4 Å². The number of fused-ring (bicyclic) bond motifs is 1. The van der Waals surface area contributed by atoms with Gasteiger partial charge in [-0.3, -0.25) is 4.79 Å². The molecule has 4 rings (SSSR count). The van der Waals surface area contributed by atoms with Crippen molar-refractivity contribution in [2.24, 2.45) is 5.92 Å². The second kappa shape index (κ2) is 7.51. The van der Waals surface area contributed by atoms with E-state index in [-0.39, 0.29) is 25.2 Å². The van der Waals surface area contributed by atoms with Crippen molar-refractivity contribution >= 4 is 23.2 Å². The first-order chi connectivity index (χ1) is 13.1. The van der Waals surface area contributed by atoms with Gasteiger partial charge in [-0.05, 0) is 43.2 Å². The van der Waals surface area contributed by atoms with Crippen molar-refractivity contribution < 1.29 is 19.4 Å². The van der Waals surface area contributed by atoms with Crippen molar-refractivity contribution in [2.45, 2.75) is 18.9 Å². The van der Waals surface area contributed by atoms with Crippen LogP contribution in [-0.4, -0.2) is 30.3 Å². The molecule has 2 N–H and O–H groups in total. The Labute approximate surface area is 162 Å². The highest BCUT2D eigenvalue weighted by Crippen LogP contribution is 2.34. The lowest BCUT2D eigenvalue weighted by Gasteiger charge is -2.25. The van der Waals surface area contributed by atoms with E-state index in [9.17, 15) is 4.79 Å². The van der Waals surface area contributed by atoms with E-state index in [1.165, 1.54) is 0 Å². The summed E-state index contributed by atoms with van der Waals surface area (Å²) in [7, 11) is 0. The van der Waals surface area contributed by atoms with Crippen LogP contribution in [-0.2, 0) is 0 Å². The van der Waals surface area contributed by atoms with Gasteiger partial charge in [0.2, 0.25) is 0 Å². The van der Waals surface area contributed by atoms with Gasteiger partial charge in [-0.15, -0.1) is 0 Å². The molecule has 0 spiro atoms. The fraction of sp³-hybridized carbons (Fsp3) is 0.286. The van der Waals surface area contributed by atoms with Crippen molar-refractivity contribution in [3.05, 3.63) is 52.5 Å². The molecule has 0 bridgehead atoms. The van der Waals surface area contributed by atoms with Gasteiger partial charge >= 0.3 is 0 Å². The Hall–Kier alpha value is -2.68. The van der Waals surface area contributed by atoms with Crippen molar-refractivity contribution in [1.29, 1.82) is 0 Å². The fourth-order valence-electron chi connectivity index (χ4n) is 2.67. The van der Waals surface area contributed by atoms with E-state index < -0.39 is 0 Å². The molecule has 2 aromatic carbocycles. The third-order valence-electron chi connectivity index (χ3n) is 4.34. The third-order valence-corrected chi connectivity index (χ3v) is 4.65. The summed E-state index contributed by atoms with van der Waals surface area (Å²) in [6.45, 7) is 0.146. The summed E-state index contributed by atoms with van der Waals surface area (Å²) in [6.07, 6.45) is 1.95. The lowest BCUT2D eigenvalue weighted by atomic mass is 10.1. The molecule has 1 saturated carbocycles. The lowest BCUT2D eigenvalue weighted by molar-refractivity contribution is 0.0457. The smallest absolute Gasteiger partial charge is 0.257 e. The van der Waals surface area contributed by atoms with Crippen LogP contribution in [0, 0.1) is 17.8 Å². The minimum Gasteiger partial charge on any atom is -0.486 e. The Morgan fingerprint density at radius 3 is 2.81 bits per heavy atom. The van der Waals surface area contributed by atoms with Gasteiger partial charge in [-0.2, -0.15) is 0 Å². The van der Waals surface area contributed by atoms with E-state index in [4.69, 9.17) is 26.2 Å². The molecule has 0 aromatic heterocycles. The summed E-state index contributed by atoms with van der Waals surface area (Å²) in [4.78, 5) is 12.6. The number of carbonyl (C=O) groups is 1. The molecule has 1 aliphatic heterocycles. The van der Waals surface area contributed by atoms with Crippen molar-refractivity contribution in [3.63, 3.8) is 0 Å². The molecular weight excluding hydrogens is 366 g/mol. The Balaban J connectivity index is 1.47. The summed E-state index contributed by atoms with van der Waals surface area (Å²) < 4.78 is 11.1. The molecule has 2 aliphatic rings. The molecule has 1 atom stereocenters. The zero-order valence-electron chi connectivity index (χ0n) is 14.5. The Kier molecular flexibility index (Phi) is 4.93. The second-order valence-electron chi connectivity index (χ2n) is 6.59. The van der Waals surface area contributed by atoms with Crippen molar-refractivity contribution in [3.8, 4) is 23.3 Å². The highest BCUT2D eigenvalue weighted by Gasteiger charge is 2.21. The number of halogens is 1. The number of benzene rings is 2. The van der Waals surface area contributed by atoms with Gasteiger partial charge < -0.3 is 19.9 Å². The number of aliphatic hydroxyl groups is 1. The van der Waals surface area contributed by atoms with Gasteiger partial charge in [0.15, 0.2) is 17.6 Å². The van der Waals surface area contributed by atoms with E-state index in [1.807, 2.05) is 0 Å². The summed E-state index contributed by atoms with van der Waals surface area (Å²) in [5.74, 6) is 7.52. The number of rotatable bonds is 3. The zero-order valence-corrected chi connectivity index (χ0v) is 15.3. The van der Waals surface area contributed by atoms with Gasteiger partial charge in [0.25, 0.3) is 5.91 Å². The third kappa shape index (κ3) is 4.19. The number of nitrogens with one attached hydrogen (secondary N) is 1. The fourth-order valence-corrected chi connectivity index (χ4v) is 2.94. The van der Waals surface area contributed by atoms with Crippen LogP contribution in [0.5, 0.6) is 11.5 Å². The van der Waals surface area contributed by atoms with Crippen LogP contribution >= 0.6 is 11.6 Å². The predicted octanol–water partition coefficient (Wildman–Crippen LogP) is 3.49. The van der Waals surface area contributed by atoms with Crippen LogP contribution in [0.3, 0.4) is 0 Å². The molecule has 138 valence electrons. The minimum atomic E-state index is -0.377. The summed E-state index contributed by atoms with van der Waals surface area (Å²) in [5.41, 5.74) is 1.75. The number of carbonyl (C=O) groups excluding carboxylic acids is 1. The molecule has 0 saturated heterocycles. The summed E-state index contributed by atoms with van der Waals surface area (Å²) in [5, 5.41) is 12.3. The number of ether oxygens (including phenoxy) is 2. The van der Waals surface area contributed by atoms with Crippen LogP contribution in [0.15, 0.2) is 36.4 Å². The van der Waals surface area contributed by atoms with E-state index in [0.29, 0.717) is 33.7 Å². The van der Waals surface area contributed by atoms with Crippen LogP contribution in [0.2, 0.25) is 5.02 Å². The quantitative estimate of drug-likeness (QED) is 0.796. The van der Waals surface area contributed by atoms with Crippen LogP contribution in [0.4, 0.5) is 5.69 Å². The van der Waals surface area contributed by atoms with Crippen LogP contribution in [0.1, 0.15) is 28.8 Å². The van der Waals surface area contributed by atoms with Crippen molar-refractivity contribution in [2.75, 3.05) is 18.5 Å². The normalized spacial score (nSPS) is 17.6. The maximum absolute atomic E-state index is 12.6. The SMILES string of the molecule is O=C(Nc1ccc2c(c1)OCC(CO)O2)c1ccc(C#CC2CC2)cc1Cl. The molecule has 6 heteroatoms. The molecule has 1 heterocycles. The molecule has 1 unspecified atom stereocenters. The first-order valence-corrected chi connectivity index (χ1v) is 9.17. The highest BCUT2D eigenvalue weighted by molar-refractivity contribution is 6.34. The molecule has 1 amide bonds. The predicted molar refractivity (Wildman–Crippen MR) is 102 cm³/mol. The second-order valence-corrected chi connectivity index (χ2v) is 6.99. The number of amides is 1. The molecule has 0 radical (unpaired) electrons. The van der Waals surface area contributed by atoms with E-state index >= 15 is 0 Å². The number of anilines is 1. The molecule has 5 nitrogen and oxygen atoms in total. The number of hydrogen-bond donors (Lipinski definition) is 2. The first-order valence-electron chi connectivity index (χ1n) is 8.79. The van der Waals surface area contributed by atoms with E-state index in [0.717, 1.165) is 18.4 Å². The number of hydrogen-bond acceptors (Lipinski definition) is 4. The topological polar surface area (TPSA) is 67.8 Å². The average Bonchev–Trinajstić information content (AvgIpc) is 3.50. The largest absolute Gasteiger partial charge is 0.486 e. The maximum Gasteiger partial charge on any atom is 0.257 e. The average molecular weight is 384 g/mol. The maximum atomic E-state index is 12.6. The molecule has 2 aromatic rings. The zero-order chi connectivity index (χ0) is 18.8. The van der Waals surface area contributed by atoms with E-state index in [2.05, 4.69) is 17.2 Å². The molecule has 1 fully saturated rings. The van der Waals surface area contributed by atoms with Gasteiger partial charge in [-0.25, -0.2) is 0 Å². The molecule has 27 heavy (non-hydrogen) atoms. The van der Waals surface area contributed by atoms with Crippen LogP contribution < -0.4 is 14.8 Å². The van der Waals surface area contributed by atoms with Gasteiger partial charge in [0.1, 0.15) is 6.61 Å².